The second kappa shape index (κ2) is 7.61. The zero-order valence-corrected chi connectivity index (χ0v) is 13.0. The largest absolute Gasteiger partial charge is 0.493 e. The first kappa shape index (κ1) is 16.8. The Hall–Kier alpha value is -2.58. The number of alkyl halides is 1. The van der Waals surface area contributed by atoms with Gasteiger partial charge in [-0.15, -0.1) is 0 Å². The van der Waals surface area contributed by atoms with Crippen LogP contribution in [0.25, 0.3) is 0 Å². The molecule has 0 radical (unpaired) electrons. The summed E-state index contributed by atoms with van der Waals surface area (Å²) in [7, 11) is 1.55. The van der Waals surface area contributed by atoms with Gasteiger partial charge in [0.15, 0.2) is 11.5 Å². The Balaban J connectivity index is 2.17. The third-order valence-electron chi connectivity index (χ3n) is 3.45. The molecule has 2 aromatic rings. The summed E-state index contributed by atoms with van der Waals surface area (Å²) in [5.41, 5.74) is 5.92. The van der Waals surface area contributed by atoms with Crippen LogP contribution in [-0.2, 0) is 13.0 Å². The van der Waals surface area contributed by atoms with Gasteiger partial charge in [-0.2, -0.15) is 5.26 Å². The predicted molar refractivity (Wildman–Crippen MR) is 86.0 cm³/mol. The van der Waals surface area contributed by atoms with E-state index in [9.17, 15) is 4.39 Å². The molecule has 0 aliphatic rings. The van der Waals surface area contributed by atoms with Crippen LogP contribution >= 0.6 is 0 Å². The minimum absolute atomic E-state index is 0.103. The van der Waals surface area contributed by atoms with Crippen LogP contribution in [0.15, 0.2) is 48.5 Å². The number of halogens is 1. The van der Waals surface area contributed by atoms with Crippen LogP contribution in [-0.4, -0.2) is 19.3 Å². The molecule has 0 aromatic heterocycles. The molecule has 0 saturated heterocycles. The lowest BCUT2D eigenvalue weighted by Gasteiger charge is -2.18. The van der Waals surface area contributed by atoms with Crippen molar-refractivity contribution in [2.75, 3.05) is 13.8 Å². The van der Waals surface area contributed by atoms with E-state index in [0.29, 0.717) is 18.1 Å². The van der Waals surface area contributed by atoms with E-state index in [0.717, 1.165) is 11.1 Å². The third kappa shape index (κ3) is 4.44. The van der Waals surface area contributed by atoms with Crippen molar-refractivity contribution in [2.45, 2.75) is 18.6 Å². The van der Waals surface area contributed by atoms with E-state index in [4.69, 9.17) is 20.5 Å². The van der Waals surface area contributed by atoms with Crippen LogP contribution in [0.1, 0.15) is 11.1 Å². The van der Waals surface area contributed by atoms with Crippen molar-refractivity contribution in [2.24, 2.45) is 5.73 Å². The topological polar surface area (TPSA) is 68.3 Å². The standard InChI is InChI=1S/C18H19FN2O2/c1-22-16-8-7-15(10-18(21,12-19)13-20)9-17(16)23-11-14-5-3-2-4-6-14/h2-9H,10-12,21H2,1H3. The summed E-state index contributed by atoms with van der Waals surface area (Å²) in [4.78, 5) is 0. The lowest BCUT2D eigenvalue weighted by atomic mass is 9.94. The van der Waals surface area contributed by atoms with Gasteiger partial charge < -0.3 is 15.2 Å². The van der Waals surface area contributed by atoms with Gasteiger partial charge in [-0.25, -0.2) is 4.39 Å². The number of ether oxygens (including phenoxy) is 2. The van der Waals surface area contributed by atoms with Crippen molar-refractivity contribution in [3.05, 3.63) is 59.7 Å². The van der Waals surface area contributed by atoms with Crippen molar-refractivity contribution >= 4 is 0 Å². The highest BCUT2D eigenvalue weighted by molar-refractivity contribution is 5.44. The summed E-state index contributed by atoms with van der Waals surface area (Å²) in [6, 6.07) is 16.7. The second-order valence-electron chi connectivity index (χ2n) is 5.34. The maximum absolute atomic E-state index is 12.9. The fourth-order valence-corrected chi connectivity index (χ4v) is 2.16. The second-order valence-corrected chi connectivity index (χ2v) is 5.34. The summed E-state index contributed by atoms with van der Waals surface area (Å²) >= 11 is 0. The highest BCUT2D eigenvalue weighted by Gasteiger charge is 2.25. The Morgan fingerprint density at radius 1 is 1.13 bits per heavy atom. The van der Waals surface area contributed by atoms with Gasteiger partial charge in [0.05, 0.1) is 13.2 Å². The fraction of sp³-hybridized carbons (Fsp3) is 0.278. The van der Waals surface area contributed by atoms with Gasteiger partial charge in [0.1, 0.15) is 18.8 Å². The fourth-order valence-electron chi connectivity index (χ4n) is 2.16. The van der Waals surface area contributed by atoms with Crippen LogP contribution in [0.3, 0.4) is 0 Å². The van der Waals surface area contributed by atoms with Gasteiger partial charge in [-0.1, -0.05) is 36.4 Å². The third-order valence-corrected chi connectivity index (χ3v) is 3.45. The number of nitrogens with two attached hydrogens (primary N) is 1. The van der Waals surface area contributed by atoms with Crippen molar-refractivity contribution in [1.29, 1.82) is 5.26 Å². The zero-order valence-electron chi connectivity index (χ0n) is 13.0. The van der Waals surface area contributed by atoms with Gasteiger partial charge in [0.25, 0.3) is 0 Å². The average molecular weight is 314 g/mol. The van der Waals surface area contributed by atoms with Gasteiger partial charge in [0, 0.05) is 6.42 Å². The molecule has 120 valence electrons. The molecule has 23 heavy (non-hydrogen) atoms. The van der Waals surface area contributed by atoms with Gasteiger partial charge >= 0.3 is 0 Å². The lowest BCUT2D eigenvalue weighted by molar-refractivity contribution is 0.284. The quantitative estimate of drug-likeness (QED) is 0.853. The van der Waals surface area contributed by atoms with E-state index in [1.807, 2.05) is 36.4 Å². The SMILES string of the molecule is COc1ccc(CC(N)(C#N)CF)cc1OCc1ccccc1. The molecule has 1 unspecified atom stereocenters. The first-order chi connectivity index (χ1) is 11.1. The maximum Gasteiger partial charge on any atom is 0.161 e. The Bertz CT molecular complexity index is 685. The minimum atomic E-state index is -1.52. The molecule has 1 atom stereocenters. The molecule has 0 saturated carbocycles. The van der Waals surface area contributed by atoms with Crippen LogP contribution in [0.2, 0.25) is 0 Å². The van der Waals surface area contributed by atoms with Crippen molar-refractivity contribution in [3.8, 4) is 17.6 Å². The van der Waals surface area contributed by atoms with Crippen LogP contribution in [0.4, 0.5) is 4.39 Å². The highest BCUT2D eigenvalue weighted by Crippen LogP contribution is 2.30. The van der Waals surface area contributed by atoms with Gasteiger partial charge in [0.2, 0.25) is 0 Å². The Kier molecular flexibility index (Phi) is 5.56. The molecule has 5 heteroatoms. The molecule has 0 heterocycles. The van der Waals surface area contributed by atoms with E-state index in [1.165, 1.54) is 0 Å². The summed E-state index contributed by atoms with van der Waals surface area (Å²) in [6.45, 7) is -0.522. The summed E-state index contributed by atoms with van der Waals surface area (Å²) in [6.07, 6.45) is 0.103. The van der Waals surface area contributed by atoms with Gasteiger partial charge in [-0.05, 0) is 23.3 Å². The van der Waals surface area contributed by atoms with Crippen molar-refractivity contribution < 1.29 is 13.9 Å². The van der Waals surface area contributed by atoms with E-state index in [2.05, 4.69) is 0 Å². The predicted octanol–water partition coefficient (Wildman–Crippen LogP) is 3.01. The number of methoxy groups -OCH3 is 1. The number of hydrogen-bond donors (Lipinski definition) is 1. The molecular formula is C18H19FN2O2. The van der Waals surface area contributed by atoms with Crippen molar-refractivity contribution in [3.63, 3.8) is 0 Å². The number of nitriles is 1. The van der Waals surface area contributed by atoms with E-state index in [-0.39, 0.29) is 6.42 Å². The average Bonchev–Trinajstić information content (AvgIpc) is 2.61. The number of rotatable bonds is 7. The molecule has 2 N–H and O–H groups in total. The minimum Gasteiger partial charge on any atom is -0.493 e. The molecular weight excluding hydrogens is 295 g/mol. The molecule has 0 aliphatic heterocycles. The monoisotopic (exact) mass is 314 g/mol. The normalized spacial score (nSPS) is 13.0. The Morgan fingerprint density at radius 3 is 2.48 bits per heavy atom. The summed E-state index contributed by atoms with van der Waals surface area (Å²) in [5, 5.41) is 9.00. The molecule has 0 fully saturated rings. The number of hydrogen-bond acceptors (Lipinski definition) is 4. The van der Waals surface area contributed by atoms with E-state index >= 15 is 0 Å². The van der Waals surface area contributed by atoms with Crippen LogP contribution in [0, 0.1) is 11.3 Å². The van der Waals surface area contributed by atoms with Crippen LogP contribution < -0.4 is 15.2 Å². The van der Waals surface area contributed by atoms with Crippen LogP contribution in [0.5, 0.6) is 11.5 Å². The van der Waals surface area contributed by atoms with E-state index < -0.39 is 12.2 Å². The molecule has 0 aliphatic carbocycles. The van der Waals surface area contributed by atoms with Crippen molar-refractivity contribution in [1.82, 2.24) is 0 Å². The van der Waals surface area contributed by atoms with Gasteiger partial charge in [-0.3, -0.25) is 0 Å². The Morgan fingerprint density at radius 2 is 1.87 bits per heavy atom. The summed E-state index contributed by atoms with van der Waals surface area (Å²) < 4.78 is 24.0. The first-order valence-electron chi connectivity index (χ1n) is 7.20. The highest BCUT2D eigenvalue weighted by atomic mass is 19.1. The Labute approximate surface area is 135 Å². The molecule has 2 rings (SSSR count). The number of nitrogens with zero attached hydrogens (tertiary/aromatic N) is 1. The summed E-state index contributed by atoms with van der Waals surface area (Å²) in [5.74, 6) is 1.11. The smallest absolute Gasteiger partial charge is 0.161 e. The first-order valence-corrected chi connectivity index (χ1v) is 7.20. The maximum atomic E-state index is 12.9. The molecule has 0 amide bonds. The number of benzene rings is 2. The molecule has 0 bridgehead atoms. The molecule has 2 aromatic carbocycles. The molecule has 0 spiro atoms. The lowest BCUT2D eigenvalue weighted by Crippen LogP contribution is -2.42. The zero-order chi connectivity index (χ0) is 16.7. The van der Waals surface area contributed by atoms with E-state index in [1.54, 1.807) is 25.3 Å². The molecule has 4 nitrogen and oxygen atoms in total.